The van der Waals surface area contributed by atoms with E-state index in [9.17, 15) is 14.4 Å². The molecule has 0 rings (SSSR count). The summed E-state index contributed by atoms with van der Waals surface area (Å²) >= 11 is 0. The molecule has 0 bridgehead atoms. The molecule has 0 aromatic carbocycles. The molecular weight excluding hydrogens is 228 g/mol. The quantitative estimate of drug-likeness (QED) is 0.384. The molecule has 0 radical (unpaired) electrons. The lowest BCUT2D eigenvalue weighted by atomic mass is 10.1. The third kappa shape index (κ3) is 5.53. The van der Waals surface area contributed by atoms with Gasteiger partial charge in [0.05, 0.1) is 19.6 Å². The summed E-state index contributed by atoms with van der Waals surface area (Å²) in [5.74, 6) is -0.642. The topological polar surface area (TPSA) is 119 Å². The summed E-state index contributed by atoms with van der Waals surface area (Å²) in [5.41, 5.74) is 5.38. The van der Waals surface area contributed by atoms with Crippen LogP contribution in [0.2, 0.25) is 0 Å². The number of amides is 1. The van der Waals surface area contributed by atoms with E-state index in [-0.39, 0.29) is 6.42 Å². The van der Waals surface area contributed by atoms with Crippen molar-refractivity contribution in [2.24, 2.45) is 5.73 Å². The zero-order valence-corrected chi connectivity index (χ0v) is 9.30. The van der Waals surface area contributed by atoms with Crippen LogP contribution in [0.1, 0.15) is 12.8 Å². The van der Waals surface area contributed by atoms with Crippen molar-refractivity contribution in [1.29, 1.82) is 0 Å². The lowest BCUT2D eigenvalue weighted by Crippen LogP contribution is -2.49. The Morgan fingerprint density at radius 3 is 2.53 bits per heavy atom. The summed E-state index contributed by atoms with van der Waals surface area (Å²) in [4.78, 5) is 33.0. The molecule has 0 aliphatic heterocycles. The Bertz CT molecular complexity index is 347. The van der Waals surface area contributed by atoms with Crippen LogP contribution in [0.15, 0.2) is 0 Å². The van der Waals surface area contributed by atoms with Gasteiger partial charge in [-0.15, -0.1) is 12.3 Å². The second-order valence-corrected chi connectivity index (χ2v) is 3.19. The molecule has 0 saturated carbocycles. The van der Waals surface area contributed by atoms with Crippen molar-refractivity contribution in [3.8, 4) is 12.3 Å². The van der Waals surface area contributed by atoms with Gasteiger partial charge in [0, 0.05) is 6.42 Å². The highest BCUT2D eigenvalue weighted by atomic mass is 16.5. The van der Waals surface area contributed by atoms with E-state index < -0.39 is 36.4 Å². The van der Waals surface area contributed by atoms with E-state index >= 15 is 0 Å². The smallest absolute Gasteiger partial charge is 0.326 e. The Morgan fingerprint density at radius 1 is 1.53 bits per heavy atom. The molecule has 2 atom stereocenters. The molecule has 0 fully saturated rings. The third-order valence-corrected chi connectivity index (χ3v) is 1.89. The number of terminal acetylenes is 1. The first-order valence-corrected chi connectivity index (χ1v) is 4.71. The van der Waals surface area contributed by atoms with Crippen LogP contribution in [-0.2, 0) is 19.1 Å². The highest BCUT2D eigenvalue weighted by Crippen LogP contribution is 1.97. The van der Waals surface area contributed by atoms with Crippen LogP contribution in [0, 0.1) is 12.3 Å². The first-order chi connectivity index (χ1) is 7.92. The maximum atomic E-state index is 11.4. The summed E-state index contributed by atoms with van der Waals surface area (Å²) in [6.45, 7) is 0. The second-order valence-electron chi connectivity index (χ2n) is 3.19. The van der Waals surface area contributed by atoms with E-state index in [1.165, 1.54) is 0 Å². The number of hydrogen-bond donors (Lipinski definition) is 3. The number of methoxy groups -OCH3 is 1. The van der Waals surface area contributed by atoms with Crippen LogP contribution >= 0.6 is 0 Å². The van der Waals surface area contributed by atoms with Crippen LogP contribution in [0.3, 0.4) is 0 Å². The number of nitrogens with one attached hydrogen (secondary N) is 1. The minimum atomic E-state index is -1.38. The fourth-order valence-electron chi connectivity index (χ4n) is 0.949. The van der Waals surface area contributed by atoms with Gasteiger partial charge in [-0.25, -0.2) is 4.79 Å². The number of carboxylic acids is 1. The normalized spacial score (nSPS) is 13.0. The molecule has 94 valence electrons. The van der Waals surface area contributed by atoms with Crippen molar-refractivity contribution in [2.45, 2.75) is 24.9 Å². The summed E-state index contributed by atoms with van der Waals surface area (Å²) in [6.07, 6.45) is 4.47. The highest BCUT2D eigenvalue weighted by Gasteiger charge is 2.25. The average molecular weight is 242 g/mol. The van der Waals surface area contributed by atoms with E-state index in [0.717, 1.165) is 7.11 Å². The predicted octanol–water partition coefficient (Wildman–Crippen LogP) is -1.53. The van der Waals surface area contributed by atoms with Crippen molar-refractivity contribution in [3.05, 3.63) is 0 Å². The summed E-state index contributed by atoms with van der Waals surface area (Å²) in [6, 6.07) is -2.38. The fourth-order valence-corrected chi connectivity index (χ4v) is 0.949. The molecule has 17 heavy (non-hydrogen) atoms. The van der Waals surface area contributed by atoms with Gasteiger partial charge >= 0.3 is 11.9 Å². The Labute approximate surface area is 98.3 Å². The van der Waals surface area contributed by atoms with Crippen molar-refractivity contribution < 1.29 is 24.2 Å². The van der Waals surface area contributed by atoms with Crippen LogP contribution in [0.4, 0.5) is 0 Å². The molecule has 1 amide bonds. The number of aliphatic carboxylic acids is 1. The van der Waals surface area contributed by atoms with Crippen molar-refractivity contribution >= 4 is 17.8 Å². The van der Waals surface area contributed by atoms with Gasteiger partial charge in [-0.1, -0.05) is 0 Å². The van der Waals surface area contributed by atoms with Gasteiger partial charge in [0.2, 0.25) is 5.91 Å². The maximum Gasteiger partial charge on any atom is 0.326 e. The largest absolute Gasteiger partial charge is 0.480 e. The Morgan fingerprint density at radius 2 is 2.12 bits per heavy atom. The first kappa shape index (κ1) is 14.9. The van der Waals surface area contributed by atoms with E-state index in [2.05, 4.69) is 16.0 Å². The van der Waals surface area contributed by atoms with Gasteiger partial charge in [-0.3, -0.25) is 9.59 Å². The molecule has 0 aliphatic carbocycles. The zero-order chi connectivity index (χ0) is 13.4. The number of hydrogen-bond acceptors (Lipinski definition) is 5. The number of carbonyl (C=O) groups is 3. The van der Waals surface area contributed by atoms with Gasteiger partial charge in [-0.2, -0.15) is 0 Å². The van der Waals surface area contributed by atoms with Gasteiger partial charge < -0.3 is 20.9 Å². The molecule has 7 heteroatoms. The number of ether oxygens (including phenoxy) is 1. The molecule has 0 heterocycles. The summed E-state index contributed by atoms with van der Waals surface area (Å²) < 4.78 is 4.30. The SMILES string of the molecule is C#CCC(N)C(=O)N[C@@H](CC(=O)OC)C(=O)O. The maximum absolute atomic E-state index is 11.4. The number of carboxylic acid groups (broad SMARTS) is 1. The second kappa shape index (κ2) is 7.24. The highest BCUT2D eigenvalue weighted by molar-refractivity contribution is 5.89. The van der Waals surface area contributed by atoms with Crippen LogP contribution in [0.5, 0.6) is 0 Å². The summed E-state index contributed by atoms with van der Waals surface area (Å²) in [7, 11) is 1.12. The number of esters is 1. The molecule has 0 spiro atoms. The number of carbonyl (C=O) groups excluding carboxylic acids is 2. The molecule has 0 saturated heterocycles. The number of rotatable bonds is 6. The van der Waals surface area contributed by atoms with Crippen molar-refractivity contribution in [2.75, 3.05) is 7.11 Å². The zero-order valence-electron chi connectivity index (χ0n) is 9.30. The van der Waals surface area contributed by atoms with Crippen molar-refractivity contribution in [1.82, 2.24) is 5.32 Å². The lowest BCUT2D eigenvalue weighted by Gasteiger charge is -2.15. The Hall–Kier alpha value is -2.07. The molecule has 1 unspecified atom stereocenters. The molecule has 0 aromatic heterocycles. The van der Waals surface area contributed by atoms with E-state index in [0.29, 0.717) is 0 Å². The van der Waals surface area contributed by atoms with E-state index in [1.807, 2.05) is 0 Å². The molecule has 0 aromatic rings. The minimum absolute atomic E-state index is 0.0175. The lowest BCUT2D eigenvalue weighted by molar-refractivity contribution is -0.148. The average Bonchev–Trinajstić information content (AvgIpc) is 2.27. The van der Waals surface area contributed by atoms with Gasteiger partial charge in [0.25, 0.3) is 0 Å². The molecule has 7 nitrogen and oxygen atoms in total. The van der Waals surface area contributed by atoms with Gasteiger partial charge in [0.15, 0.2) is 0 Å². The Kier molecular flexibility index (Phi) is 6.36. The van der Waals surface area contributed by atoms with Crippen LogP contribution in [0.25, 0.3) is 0 Å². The monoisotopic (exact) mass is 242 g/mol. The first-order valence-electron chi connectivity index (χ1n) is 4.71. The van der Waals surface area contributed by atoms with Crippen LogP contribution in [-0.4, -0.2) is 42.1 Å². The van der Waals surface area contributed by atoms with Crippen molar-refractivity contribution in [3.63, 3.8) is 0 Å². The summed E-state index contributed by atoms with van der Waals surface area (Å²) in [5, 5.41) is 10.9. The van der Waals surface area contributed by atoms with Gasteiger partial charge in [-0.05, 0) is 0 Å². The third-order valence-electron chi connectivity index (χ3n) is 1.89. The standard InChI is InChI=1S/C10H14N2O5/c1-3-4-6(11)9(14)12-7(10(15)16)5-8(13)17-2/h1,6-7H,4-5,11H2,2H3,(H,12,14)(H,15,16)/t6?,7-/m0/s1. The van der Waals surface area contributed by atoms with E-state index in [4.69, 9.17) is 17.3 Å². The van der Waals surface area contributed by atoms with Gasteiger partial charge in [0.1, 0.15) is 6.04 Å². The molecule has 0 aliphatic rings. The predicted molar refractivity (Wildman–Crippen MR) is 57.6 cm³/mol. The fraction of sp³-hybridized carbons (Fsp3) is 0.500. The minimum Gasteiger partial charge on any atom is -0.480 e. The number of nitrogens with two attached hydrogens (primary N) is 1. The van der Waals surface area contributed by atoms with E-state index in [1.54, 1.807) is 0 Å². The molecule has 4 N–H and O–H groups in total. The molecular formula is C10H14N2O5. The Balaban J connectivity index is 4.46. The van der Waals surface area contributed by atoms with Crippen LogP contribution < -0.4 is 11.1 Å².